The van der Waals surface area contributed by atoms with Gasteiger partial charge in [0, 0.05) is 12.8 Å². The molecule has 1 unspecified atom stereocenters. The first-order chi connectivity index (χ1) is 12.3. The van der Waals surface area contributed by atoms with Gasteiger partial charge in [0.2, 0.25) is 15.9 Å². The average molecular weight is 390 g/mol. The Kier molecular flexibility index (Phi) is 5.36. The summed E-state index contributed by atoms with van der Waals surface area (Å²) in [6, 6.07) is 13.8. The van der Waals surface area contributed by atoms with E-state index in [-0.39, 0.29) is 16.8 Å². The molecule has 0 spiro atoms. The standard InChI is InChI=1S/C18H19N3O3S2/c1-12(13-5-4-6-14(11-13)26(19,23)24)20-17(22)9-10-18-21-15-7-2-3-8-16(15)25-18/h2-8,11-12H,9-10H2,1H3,(H,20,22)(H2,19,23,24). The van der Waals surface area contributed by atoms with Crippen molar-refractivity contribution in [2.45, 2.75) is 30.7 Å². The van der Waals surface area contributed by atoms with Crippen LogP contribution in [0.25, 0.3) is 10.2 Å². The maximum absolute atomic E-state index is 12.2. The number of carbonyl (C=O) groups excluding carboxylic acids is 1. The van der Waals surface area contributed by atoms with E-state index < -0.39 is 10.0 Å². The number of nitrogens with two attached hydrogens (primary N) is 1. The molecule has 26 heavy (non-hydrogen) atoms. The van der Waals surface area contributed by atoms with Crippen molar-refractivity contribution >= 4 is 37.5 Å². The number of aryl methyl sites for hydroxylation is 1. The van der Waals surface area contributed by atoms with Crippen molar-refractivity contribution in [3.05, 3.63) is 59.1 Å². The highest BCUT2D eigenvalue weighted by Crippen LogP contribution is 2.22. The molecular weight excluding hydrogens is 370 g/mol. The van der Waals surface area contributed by atoms with Gasteiger partial charge in [0.15, 0.2) is 0 Å². The number of primary sulfonamides is 1. The van der Waals surface area contributed by atoms with Gasteiger partial charge >= 0.3 is 0 Å². The summed E-state index contributed by atoms with van der Waals surface area (Å²) in [6.07, 6.45) is 0.883. The molecule has 1 heterocycles. The zero-order chi connectivity index (χ0) is 18.7. The van der Waals surface area contributed by atoms with Crippen LogP contribution in [-0.2, 0) is 21.2 Å². The first kappa shape index (κ1) is 18.5. The lowest BCUT2D eigenvalue weighted by Crippen LogP contribution is -2.27. The molecule has 0 aliphatic rings. The van der Waals surface area contributed by atoms with E-state index in [1.165, 1.54) is 12.1 Å². The fourth-order valence-corrected chi connectivity index (χ4v) is 4.14. The lowest BCUT2D eigenvalue weighted by molar-refractivity contribution is -0.121. The maximum Gasteiger partial charge on any atom is 0.238 e. The molecule has 1 amide bonds. The third kappa shape index (κ3) is 4.46. The summed E-state index contributed by atoms with van der Waals surface area (Å²) in [7, 11) is -3.77. The summed E-state index contributed by atoms with van der Waals surface area (Å²) >= 11 is 1.59. The number of amides is 1. The van der Waals surface area contributed by atoms with E-state index >= 15 is 0 Å². The van der Waals surface area contributed by atoms with Crippen molar-refractivity contribution in [1.29, 1.82) is 0 Å². The predicted octanol–water partition coefficient (Wildman–Crippen LogP) is 2.75. The monoisotopic (exact) mass is 389 g/mol. The summed E-state index contributed by atoms with van der Waals surface area (Å²) < 4.78 is 24.0. The first-order valence-electron chi connectivity index (χ1n) is 8.09. The summed E-state index contributed by atoms with van der Waals surface area (Å²) in [5, 5.41) is 8.95. The van der Waals surface area contributed by atoms with E-state index in [0.717, 1.165) is 15.2 Å². The molecule has 8 heteroatoms. The topological polar surface area (TPSA) is 102 Å². The summed E-state index contributed by atoms with van der Waals surface area (Å²) in [6.45, 7) is 1.80. The molecule has 0 aliphatic heterocycles. The highest BCUT2D eigenvalue weighted by Gasteiger charge is 2.14. The smallest absolute Gasteiger partial charge is 0.238 e. The molecule has 2 aromatic carbocycles. The van der Waals surface area contributed by atoms with Crippen molar-refractivity contribution in [2.75, 3.05) is 0 Å². The van der Waals surface area contributed by atoms with Gasteiger partial charge in [0.25, 0.3) is 0 Å². The molecule has 0 bridgehead atoms. The molecule has 3 rings (SSSR count). The van der Waals surface area contributed by atoms with Crippen LogP contribution in [0.15, 0.2) is 53.4 Å². The van der Waals surface area contributed by atoms with Crippen LogP contribution in [0.1, 0.15) is 30.0 Å². The molecule has 0 saturated heterocycles. The molecule has 0 radical (unpaired) electrons. The van der Waals surface area contributed by atoms with E-state index in [1.807, 2.05) is 24.3 Å². The van der Waals surface area contributed by atoms with E-state index in [0.29, 0.717) is 18.4 Å². The number of nitrogens with zero attached hydrogens (tertiary/aromatic N) is 1. The van der Waals surface area contributed by atoms with Crippen LogP contribution in [0.2, 0.25) is 0 Å². The second-order valence-corrected chi connectivity index (χ2v) is 8.66. The molecular formula is C18H19N3O3S2. The number of hydrogen-bond acceptors (Lipinski definition) is 5. The van der Waals surface area contributed by atoms with Crippen LogP contribution in [0.5, 0.6) is 0 Å². The number of rotatable bonds is 6. The van der Waals surface area contributed by atoms with Crippen molar-refractivity contribution < 1.29 is 13.2 Å². The molecule has 6 nitrogen and oxygen atoms in total. The van der Waals surface area contributed by atoms with Crippen LogP contribution in [-0.4, -0.2) is 19.3 Å². The van der Waals surface area contributed by atoms with Gasteiger partial charge in [-0.25, -0.2) is 18.5 Å². The van der Waals surface area contributed by atoms with Crippen molar-refractivity contribution in [1.82, 2.24) is 10.3 Å². The molecule has 1 aromatic heterocycles. The number of benzene rings is 2. The lowest BCUT2D eigenvalue weighted by atomic mass is 10.1. The third-order valence-electron chi connectivity index (χ3n) is 3.97. The van der Waals surface area contributed by atoms with Crippen LogP contribution in [0.3, 0.4) is 0 Å². The van der Waals surface area contributed by atoms with Crippen LogP contribution in [0.4, 0.5) is 0 Å². The number of nitrogens with one attached hydrogen (secondary N) is 1. The zero-order valence-corrected chi connectivity index (χ0v) is 15.8. The van der Waals surface area contributed by atoms with E-state index in [1.54, 1.807) is 30.4 Å². The Balaban J connectivity index is 1.60. The Labute approximate surface area is 156 Å². The first-order valence-corrected chi connectivity index (χ1v) is 10.5. The van der Waals surface area contributed by atoms with E-state index in [9.17, 15) is 13.2 Å². The van der Waals surface area contributed by atoms with Gasteiger partial charge < -0.3 is 5.32 Å². The normalized spacial score (nSPS) is 12.8. The average Bonchev–Trinajstić information content (AvgIpc) is 3.02. The molecule has 0 aliphatic carbocycles. The molecule has 0 saturated carbocycles. The fraction of sp³-hybridized carbons (Fsp3) is 0.222. The van der Waals surface area contributed by atoms with Gasteiger partial charge in [-0.2, -0.15) is 0 Å². The van der Waals surface area contributed by atoms with Gasteiger partial charge in [-0.1, -0.05) is 24.3 Å². The minimum atomic E-state index is -3.77. The summed E-state index contributed by atoms with van der Waals surface area (Å²) in [5.74, 6) is -0.113. The van der Waals surface area contributed by atoms with Crippen LogP contribution in [0, 0.1) is 0 Å². The summed E-state index contributed by atoms with van der Waals surface area (Å²) in [5.41, 5.74) is 1.63. The lowest BCUT2D eigenvalue weighted by Gasteiger charge is -2.15. The zero-order valence-electron chi connectivity index (χ0n) is 14.2. The molecule has 136 valence electrons. The van der Waals surface area contributed by atoms with E-state index in [2.05, 4.69) is 10.3 Å². The quantitative estimate of drug-likeness (QED) is 0.677. The van der Waals surface area contributed by atoms with E-state index in [4.69, 9.17) is 5.14 Å². The Hall–Kier alpha value is -2.29. The fourth-order valence-electron chi connectivity index (χ4n) is 2.61. The van der Waals surface area contributed by atoms with Crippen molar-refractivity contribution in [3.63, 3.8) is 0 Å². The number of para-hydroxylation sites is 1. The van der Waals surface area contributed by atoms with Gasteiger partial charge in [-0.15, -0.1) is 11.3 Å². The minimum Gasteiger partial charge on any atom is -0.350 e. The number of hydrogen-bond donors (Lipinski definition) is 2. The highest BCUT2D eigenvalue weighted by molar-refractivity contribution is 7.89. The number of carbonyl (C=O) groups is 1. The molecule has 1 atom stereocenters. The highest BCUT2D eigenvalue weighted by atomic mass is 32.2. The Morgan fingerprint density at radius 2 is 2.00 bits per heavy atom. The SMILES string of the molecule is CC(NC(=O)CCc1nc2ccccc2s1)c1cccc(S(N)(=O)=O)c1. The second kappa shape index (κ2) is 7.53. The summed E-state index contributed by atoms with van der Waals surface area (Å²) in [4.78, 5) is 16.8. The molecule has 3 aromatic rings. The van der Waals surface area contributed by atoms with Crippen molar-refractivity contribution in [2.24, 2.45) is 5.14 Å². The third-order valence-corrected chi connectivity index (χ3v) is 5.98. The van der Waals surface area contributed by atoms with Gasteiger partial charge in [-0.3, -0.25) is 4.79 Å². The number of fused-ring (bicyclic) bond motifs is 1. The Bertz CT molecular complexity index is 1010. The molecule has 3 N–H and O–H groups in total. The van der Waals surface area contributed by atoms with Gasteiger partial charge in [0.1, 0.15) is 0 Å². The minimum absolute atomic E-state index is 0.0329. The number of thiazole rings is 1. The number of sulfonamides is 1. The maximum atomic E-state index is 12.2. The Morgan fingerprint density at radius 3 is 2.73 bits per heavy atom. The predicted molar refractivity (Wildman–Crippen MR) is 102 cm³/mol. The Morgan fingerprint density at radius 1 is 1.23 bits per heavy atom. The van der Waals surface area contributed by atoms with Crippen LogP contribution >= 0.6 is 11.3 Å². The number of aromatic nitrogens is 1. The largest absolute Gasteiger partial charge is 0.350 e. The second-order valence-electron chi connectivity index (χ2n) is 5.98. The van der Waals surface area contributed by atoms with Gasteiger partial charge in [0.05, 0.1) is 26.2 Å². The van der Waals surface area contributed by atoms with Gasteiger partial charge in [-0.05, 0) is 36.8 Å². The van der Waals surface area contributed by atoms with Crippen LogP contribution < -0.4 is 10.5 Å². The van der Waals surface area contributed by atoms with Crippen molar-refractivity contribution in [3.8, 4) is 0 Å². The molecule has 0 fully saturated rings.